The predicted octanol–water partition coefficient (Wildman–Crippen LogP) is 3.51. The number of hydrogen-bond acceptors (Lipinski definition) is 3. The summed E-state index contributed by atoms with van der Waals surface area (Å²) < 4.78 is 25.7. The Hall–Kier alpha value is -3.16. The molecule has 0 spiro atoms. The number of rotatable bonds is 4. The first kappa shape index (κ1) is 18.2. The molecular weight excluding hydrogens is 374 g/mol. The lowest BCUT2D eigenvalue weighted by molar-refractivity contribution is 0.221. The Balaban J connectivity index is 1.73. The van der Waals surface area contributed by atoms with E-state index in [9.17, 15) is 13.2 Å². The van der Waals surface area contributed by atoms with Gasteiger partial charge in [0.1, 0.15) is 0 Å². The molecule has 2 aliphatic rings. The molecule has 2 aromatic rings. The maximum absolute atomic E-state index is 13.2. The van der Waals surface area contributed by atoms with Gasteiger partial charge < -0.3 is 0 Å². The molecule has 142 valence electrons. The quantitative estimate of drug-likeness (QED) is 0.864. The minimum atomic E-state index is -3.92. The molecule has 1 N–H and O–H groups in total. The molecule has 0 bridgehead atoms. The predicted molar refractivity (Wildman–Crippen MR) is 108 cm³/mol. The third kappa shape index (κ3) is 3.26. The highest BCUT2D eigenvalue weighted by molar-refractivity contribution is 7.89. The van der Waals surface area contributed by atoms with Crippen LogP contribution in [0.2, 0.25) is 0 Å². The minimum Gasteiger partial charge on any atom is -0.280 e. The van der Waals surface area contributed by atoms with Crippen LogP contribution >= 0.6 is 0 Å². The number of allylic oxidation sites excluding steroid dienone is 4. The molecule has 1 atom stereocenters. The highest BCUT2D eigenvalue weighted by atomic mass is 32.2. The zero-order valence-corrected chi connectivity index (χ0v) is 16.0. The van der Waals surface area contributed by atoms with Crippen molar-refractivity contribution in [1.82, 2.24) is 9.84 Å². The number of fused-ring (bicyclic) bond motifs is 1. The van der Waals surface area contributed by atoms with Crippen LogP contribution in [0.3, 0.4) is 0 Å². The normalized spacial score (nSPS) is 18.8. The van der Waals surface area contributed by atoms with Crippen LogP contribution in [0.5, 0.6) is 0 Å². The van der Waals surface area contributed by atoms with E-state index in [0.717, 1.165) is 10.6 Å². The SMILES string of the molecule is Cc1ccc(S(=O)(=O)NN2C(=O)N(c3ccccc3)C3C=CC=CC=C32)cc1. The molecular formula is C21H19N3O3S. The van der Waals surface area contributed by atoms with Crippen LogP contribution in [0, 0.1) is 6.92 Å². The Morgan fingerprint density at radius 2 is 1.64 bits per heavy atom. The van der Waals surface area contributed by atoms with Crippen LogP contribution in [0.4, 0.5) is 10.5 Å². The van der Waals surface area contributed by atoms with Crippen molar-refractivity contribution in [2.45, 2.75) is 17.9 Å². The van der Waals surface area contributed by atoms with Gasteiger partial charge in [-0.3, -0.25) is 4.90 Å². The Morgan fingerprint density at radius 3 is 2.36 bits per heavy atom. The first-order chi connectivity index (χ1) is 13.5. The number of hydrazine groups is 1. The average Bonchev–Trinajstić information content (AvgIpc) is 2.83. The Morgan fingerprint density at radius 1 is 0.929 bits per heavy atom. The molecule has 0 aromatic heterocycles. The third-order valence-electron chi connectivity index (χ3n) is 4.60. The summed E-state index contributed by atoms with van der Waals surface area (Å²) in [7, 11) is -3.92. The van der Waals surface area contributed by atoms with E-state index < -0.39 is 22.1 Å². The van der Waals surface area contributed by atoms with Gasteiger partial charge in [-0.25, -0.2) is 18.2 Å². The Labute approximate surface area is 164 Å². The summed E-state index contributed by atoms with van der Waals surface area (Å²) in [6.45, 7) is 1.88. The number of anilines is 1. The number of para-hydroxylation sites is 1. The van der Waals surface area contributed by atoms with Gasteiger partial charge in [0.2, 0.25) is 0 Å². The lowest BCUT2D eigenvalue weighted by Crippen LogP contribution is -2.44. The maximum Gasteiger partial charge on any atom is 0.345 e. The van der Waals surface area contributed by atoms with Crippen LogP contribution in [-0.2, 0) is 10.0 Å². The topological polar surface area (TPSA) is 69.7 Å². The number of aryl methyl sites for hydroxylation is 1. The molecule has 7 heteroatoms. The summed E-state index contributed by atoms with van der Waals surface area (Å²) in [6, 6.07) is 14.8. The van der Waals surface area contributed by atoms with E-state index in [2.05, 4.69) is 4.83 Å². The molecule has 1 aliphatic heterocycles. The number of carbonyl (C=O) groups excluding carboxylic acids is 1. The lowest BCUT2D eigenvalue weighted by atomic mass is 10.1. The maximum atomic E-state index is 13.2. The molecule has 6 nitrogen and oxygen atoms in total. The summed E-state index contributed by atoms with van der Waals surface area (Å²) in [5.74, 6) is 0. The summed E-state index contributed by atoms with van der Waals surface area (Å²) >= 11 is 0. The van der Waals surface area contributed by atoms with Crippen molar-refractivity contribution in [1.29, 1.82) is 0 Å². The smallest absolute Gasteiger partial charge is 0.280 e. The van der Waals surface area contributed by atoms with Crippen molar-refractivity contribution >= 4 is 21.7 Å². The number of nitrogens with zero attached hydrogens (tertiary/aromatic N) is 2. The second-order valence-corrected chi connectivity index (χ2v) is 8.20. The highest BCUT2D eigenvalue weighted by Crippen LogP contribution is 2.33. The number of sulfonamides is 1. The van der Waals surface area contributed by atoms with Gasteiger partial charge in [0, 0.05) is 5.69 Å². The zero-order valence-electron chi connectivity index (χ0n) is 15.2. The van der Waals surface area contributed by atoms with E-state index >= 15 is 0 Å². The molecule has 1 unspecified atom stereocenters. The van der Waals surface area contributed by atoms with Gasteiger partial charge in [0.15, 0.2) is 0 Å². The molecule has 28 heavy (non-hydrogen) atoms. The number of carbonyl (C=O) groups is 1. The third-order valence-corrected chi connectivity index (χ3v) is 5.91. The summed E-state index contributed by atoms with van der Waals surface area (Å²) in [6.07, 6.45) is 9.06. The first-order valence-corrected chi connectivity index (χ1v) is 10.3. The number of benzene rings is 2. The molecule has 4 rings (SSSR count). The number of hydrogen-bond donors (Lipinski definition) is 1. The van der Waals surface area contributed by atoms with E-state index in [1.165, 1.54) is 12.1 Å². The van der Waals surface area contributed by atoms with E-state index in [4.69, 9.17) is 0 Å². The second-order valence-electron chi connectivity index (χ2n) is 6.54. The van der Waals surface area contributed by atoms with E-state index in [-0.39, 0.29) is 4.90 Å². The fourth-order valence-electron chi connectivity index (χ4n) is 3.19. The first-order valence-electron chi connectivity index (χ1n) is 8.80. The van der Waals surface area contributed by atoms with Crippen LogP contribution in [0.15, 0.2) is 95.6 Å². The zero-order chi connectivity index (χ0) is 19.7. The van der Waals surface area contributed by atoms with Crippen LogP contribution in [0.1, 0.15) is 5.56 Å². The van der Waals surface area contributed by atoms with Crippen molar-refractivity contribution in [3.05, 3.63) is 96.2 Å². The number of nitrogens with one attached hydrogen (secondary N) is 1. The molecule has 1 aliphatic carbocycles. The Kier molecular flexibility index (Phi) is 4.62. The van der Waals surface area contributed by atoms with Gasteiger partial charge in [-0.05, 0) is 37.3 Å². The second kappa shape index (κ2) is 7.10. The largest absolute Gasteiger partial charge is 0.345 e. The van der Waals surface area contributed by atoms with Crippen molar-refractivity contribution in [3.63, 3.8) is 0 Å². The van der Waals surface area contributed by atoms with Crippen molar-refractivity contribution in [2.24, 2.45) is 0 Å². The number of amides is 2. The lowest BCUT2D eigenvalue weighted by Gasteiger charge is -2.20. The van der Waals surface area contributed by atoms with Crippen molar-refractivity contribution in [3.8, 4) is 0 Å². The highest BCUT2D eigenvalue weighted by Gasteiger charge is 2.43. The molecule has 2 aromatic carbocycles. The van der Waals surface area contributed by atoms with Gasteiger partial charge in [-0.1, -0.05) is 60.2 Å². The minimum absolute atomic E-state index is 0.0981. The van der Waals surface area contributed by atoms with E-state index in [1.807, 2.05) is 55.5 Å². The van der Waals surface area contributed by atoms with Gasteiger partial charge in [0.25, 0.3) is 10.0 Å². The van der Waals surface area contributed by atoms with Gasteiger partial charge in [-0.2, -0.15) is 0 Å². The van der Waals surface area contributed by atoms with E-state index in [0.29, 0.717) is 11.4 Å². The number of urea groups is 1. The average molecular weight is 393 g/mol. The summed E-state index contributed by atoms with van der Waals surface area (Å²) in [5, 5.41) is 1.10. The molecule has 1 fully saturated rings. The molecule has 0 saturated carbocycles. The molecule has 1 saturated heterocycles. The monoisotopic (exact) mass is 393 g/mol. The van der Waals surface area contributed by atoms with Gasteiger partial charge in [-0.15, -0.1) is 4.83 Å². The van der Waals surface area contributed by atoms with Crippen LogP contribution in [0.25, 0.3) is 0 Å². The van der Waals surface area contributed by atoms with Gasteiger partial charge in [0.05, 0.1) is 16.6 Å². The van der Waals surface area contributed by atoms with E-state index in [1.54, 1.807) is 29.2 Å². The van der Waals surface area contributed by atoms with Crippen LogP contribution in [-0.4, -0.2) is 25.5 Å². The molecule has 2 amide bonds. The standard InChI is InChI=1S/C21H19N3O3S/c1-16-12-14-18(15-13-16)28(26,27)22-24-20-11-7-3-6-10-19(20)23(21(24)25)17-8-4-2-5-9-17/h2-15,19,22H,1H3. The molecule has 1 heterocycles. The fourth-order valence-corrected chi connectivity index (χ4v) is 4.21. The van der Waals surface area contributed by atoms with Crippen molar-refractivity contribution < 1.29 is 13.2 Å². The Bertz CT molecular complexity index is 1090. The molecule has 0 radical (unpaired) electrons. The fraction of sp³-hybridized carbons (Fsp3) is 0.0952. The summed E-state index contributed by atoms with van der Waals surface area (Å²) in [4.78, 5) is 17.3. The van der Waals surface area contributed by atoms with Crippen molar-refractivity contribution in [2.75, 3.05) is 4.90 Å². The van der Waals surface area contributed by atoms with Crippen LogP contribution < -0.4 is 9.73 Å². The van der Waals surface area contributed by atoms with Gasteiger partial charge >= 0.3 is 6.03 Å². The summed E-state index contributed by atoms with van der Waals surface area (Å²) in [5.41, 5.74) is 2.18.